The number of nitro groups is 1. The van der Waals surface area contributed by atoms with Gasteiger partial charge in [0.15, 0.2) is 0 Å². The SMILES string of the molecule is Cc1c(Cl)cc(S(=O)(=O)Nc2ccccc2NS(C)(=O)=O)cc1[N+](=O)[O-]. The quantitative estimate of drug-likeness (QED) is 0.545. The molecule has 0 aliphatic heterocycles. The Hall–Kier alpha value is -2.37. The number of halogens is 1. The summed E-state index contributed by atoms with van der Waals surface area (Å²) in [5, 5.41) is 11.0. The second-order valence-corrected chi connectivity index (χ2v) is 9.17. The Morgan fingerprint density at radius 2 is 1.58 bits per heavy atom. The summed E-state index contributed by atoms with van der Waals surface area (Å²) in [6, 6.07) is 7.68. The number of nitrogens with zero attached hydrogens (tertiary/aromatic N) is 1. The van der Waals surface area contributed by atoms with Crippen LogP contribution in [0.4, 0.5) is 17.1 Å². The zero-order chi connectivity index (χ0) is 19.7. The van der Waals surface area contributed by atoms with Crippen molar-refractivity contribution in [2.45, 2.75) is 11.8 Å². The fourth-order valence-electron chi connectivity index (χ4n) is 2.05. The number of benzene rings is 2. The number of rotatable bonds is 6. The number of nitro benzene ring substituents is 1. The fraction of sp³-hybridized carbons (Fsp3) is 0.143. The van der Waals surface area contributed by atoms with E-state index in [0.29, 0.717) is 0 Å². The molecule has 0 saturated heterocycles. The Bertz CT molecular complexity index is 1080. The van der Waals surface area contributed by atoms with Crippen molar-refractivity contribution in [2.24, 2.45) is 0 Å². The molecule has 0 unspecified atom stereocenters. The second kappa shape index (κ2) is 7.09. The van der Waals surface area contributed by atoms with Crippen molar-refractivity contribution >= 4 is 48.7 Å². The van der Waals surface area contributed by atoms with Crippen LogP contribution in [0.2, 0.25) is 5.02 Å². The molecule has 0 aliphatic carbocycles. The van der Waals surface area contributed by atoms with Crippen molar-refractivity contribution in [3.63, 3.8) is 0 Å². The lowest BCUT2D eigenvalue weighted by molar-refractivity contribution is -0.385. The smallest absolute Gasteiger partial charge is 0.275 e. The fourth-order valence-corrected chi connectivity index (χ4v) is 4.03. The Kier molecular flexibility index (Phi) is 5.44. The number of hydrogen-bond acceptors (Lipinski definition) is 6. The highest BCUT2D eigenvalue weighted by molar-refractivity contribution is 7.93. The first-order valence-corrected chi connectivity index (χ1v) is 10.7. The van der Waals surface area contributed by atoms with Crippen LogP contribution in [0.3, 0.4) is 0 Å². The van der Waals surface area contributed by atoms with Crippen molar-refractivity contribution in [1.29, 1.82) is 0 Å². The van der Waals surface area contributed by atoms with E-state index in [2.05, 4.69) is 9.44 Å². The first kappa shape index (κ1) is 19.9. The predicted octanol–water partition coefficient (Wildman–Crippen LogP) is 2.73. The van der Waals surface area contributed by atoms with E-state index < -0.39 is 35.6 Å². The molecule has 0 spiro atoms. The summed E-state index contributed by atoms with van der Waals surface area (Å²) in [6.45, 7) is 1.40. The third kappa shape index (κ3) is 4.62. The lowest BCUT2D eigenvalue weighted by Gasteiger charge is -2.13. The van der Waals surface area contributed by atoms with Crippen LogP contribution in [0.25, 0.3) is 0 Å². The van der Waals surface area contributed by atoms with Gasteiger partial charge in [-0.3, -0.25) is 19.6 Å². The molecule has 26 heavy (non-hydrogen) atoms. The van der Waals surface area contributed by atoms with Crippen molar-refractivity contribution < 1.29 is 21.8 Å². The first-order valence-electron chi connectivity index (χ1n) is 6.95. The Balaban J connectivity index is 2.50. The highest BCUT2D eigenvalue weighted by atomic mass is 35.5. The lowest BCUT2D eigenvalue weighted by atomic mass is 10.2. The van der Waals surface area contributed by atoms with E-state index in [-0.39, 0.29) is 22.0 Å². The van der Waals surface area contributed by atoms with Crippen LogP contribution in [0.5, 0.6) is 0 Å². The molecule has 12 heteroatoms. The summed E-state index contributed by atoms with van der Waals surface area (Å²) in [4.78, 5) is 9.92. The minimum absolute atomic E-state index is 0.00582. The molecule has 0 fully saturated rings. The highest BCUT2D eigenvalue weighted by Gasteiger charge is 2.23. The summed E-state index contributed by atoms with van der Waals surface area (Å²) in [5.41, 5.74) is -0.348. The summed E-state index contributed by atoms with van der Waals surface area (Å²) in [7, 11) is -7.91. The maximum atomic E-state index is 12.6. The molecule has 0 saturated carbocycles. The number of hydrogen-bond donors (Lipinski definition) is 2. The Morgan fingerprint density at radius 1 is 1.04 bits per heavy atom. The molecule has 9 nitrogen and oxygen atoms in total. The number of para-hydroxylation sites is 2. The van der Waals surface area contributed by atoms with Crippen molar-refractivity contribution in [1.82, 2.24) is 0 Å². The van der Waals surface area contributed by atoms with Gasteiger partial charge in [0.2, 0.25) is 10.0 Å². The number of sulfonamides is 2. The minimum atomic E-state index is -4.26. The minimum Gasteiger partial charge on any atom is -0.282 e. The molecule has 140 valence electrons. The Labute approximate surface area is 155 Å². The van der Waals surface area contributed by atoms with Crippen LogP contribution < -0.4 is 9.44 Å². The largest absolute Gasteiger partial charge is 0.282 e. The van der Waals surface area contributed by atoms with Gasteiger partial charge in [-0.15, -0.1) is 0 Å². The van der Waals surface area contributed by atoms with E-state index in [4.69, 9.17) is 11.6 Å². The van der Waals surface area contributed by atoms with Gasteiger partial charge < -0.3 is 0 Å². The molecule has 2 rings (SSSR count). The molecule has 0 bridgehead atoms. The molecule has 0 amide bonds. The van der Waals surface area contributed by atoms with Gasteiger partial charge in [-0.1, -0.05) is 23.7 Å². The van der Waals surface area contributed by atoms with E-state index >= 15 is 0 Å². The molecule has 0 aliphatic rings. The van der Waals surface area contributed by atoms with Crippen LogP contribution in [-0.2, 0) is 20.0 Å². The molecule has 0 aromatic heterocycles. The number of anilines is 2. The summed E-state index contributed by atoms with van der Waals surface area (Å²) >= 11 is 5.90. The lowest BCUT2D eigenvalue weighted by Crippen LogP contribution is -2.17. The maximum absolute atomic E-state index is 12.6. The third-order valence-corrected chi connectivity index (χ3v) is 5.59. The van der Waals surface area contributed by atoms with E-state index in [1.54, 1.807) is 0 Å². The van der Waals surface area contributed by atoms with E-state index in [0.717, 1.165) is 18.4 Å². The van der Waals surface area contributed by atoms with Crippen molar-refractivity contribution in [2.75, 3.05) is 15.7 Å². The summed E-state index contributed by atoms with van der Waals surface area (Å²) in [6.07, 6.45) is 0.918. The second-order valence-electron chi connectivity index (χ2n) is 5.33. The topological polar surface area (TPSA) is 135 Å². The zero-order valence-electron chi connectivity index (χ0n) is 13.6. The van der Waals surface area contributed by atoms with Crippen LogP contribution >= 0.6 is 11.6 Å². The summed E-state index contributed by atoms with van der Waals surface area (Å²) in [5.74, 6) is 0. The molecule has 2 aromatic carbocycles. The van der Waals surface area contributed by atoms with Crippen LogP contribution in [0.1, 0.15) is 5.56 Å². The van der Waals surface area contributed by atoms with Crippen molar-refractivity contribution in [3.8, 4) is 0 Å². The average molecular weight is 420 g/mol. The van der Waals surface area contributed by atoms with Gasteiger partial charge in [-0.05, 0) is 25.1 Å². The highest BCUT2D eigenvalue weighted by Crippen LogP contribution is 2.31. The van der Waals surface area contributed by atoms with Gasteiger partial charge in [0, 0.05) is 11.6 Å². The standard InChI is InChI=1S/C14H14ClN3O6S2/c1-9-11(15)7-10(8-14(9)18(19)20)26(23,24)17-13-6-4-3-5-12(13)16-25(2,21)22/h3-8,16-17H,1-2H3. The van der Waals surface area contributed by atoms with Gasteiger partial charge in [0.25, 0.3) is 15.7 Å². The third-order valence-electron chi connectivity index (χ3n) is 3.26. The normalized spacial score (nSPS) is 11.8. The first-order chi connectivity index (χ1) is 11.9. The van der Waals surface area contributed by atoms with E-state index in [9.17, 15) is 26.9 Å². The molecule has 2 aromatic rings. The van der Waals surface area contributed by atoms with Gasteiger partial charge in [-0.25, -0.2) is 16.8 Å². The van der Waals surface area contributed by atoms with E-state index in [1.807, 2.05) is 0 Å². The zero-order valence-corrected chi connectivity index (χ0v) is 15.9. The number of nitrogens with one attached hydrogen (secondary N) is 2. The van der Waals surface area contributed by atoms with Crippen LogP contribution in [-0.4, -0.2) is 28.0 Å². The summed E-state index contributed by atoms with van der Waals surface area (Å²) < 4.78 is 52.4. The van der Waals surface area contributed by atoms with Gasteiger partial charge in [-0.2, -0.15) is 0 Å². The van der Waals surface area contributed by atoms with Crippen molar-refractivity contribution in [3.05, 3.63) is 57.1 Å². The monoisotopic (exact) mass is 419 g/mol. The average Bonchev–Trinajstić information content (AvgIpc) is 2.49. The van der Waals surface area contributed by atoms with Crippen LogP contribution in [0.15, 0.2) is 41.3 Å². The maximum Gasteiger partial charge on any atom is 0.275 e. The molecular formula is C14H14ClN3O6S2. The molecule has 0 atom stereocenters. The molecular weight excluding hydrogens is 406 g/mol. The molecule has 2 N–H and O–H groups in total. The van der Waals surface area contributed by atoms with Crippen LogP contribution in [0, 0.1) is 17.0 Å². The molecule has 0 heterocycles. The Morgan fingerprint density at radius 3 is 2.08 bits per heavy atom. The predicted molar refractivity (Wildman–Crippen MR) is 98.6 cm³/mol. The molecule has 0 radical (unpaired) electrons. The van der Waals surface area contributed by atoms with Gasteiger partial charge in [0.05, 0.1) is 32.5 Å². The van der Waals surface area contributed by atoms with Gasteiger partial charge in [0.1, 0.15) is 0 Å². The van der Waals surface area contributed by atoms with E-state index in [1.165, 1.54) is 31.2 Å². The van der Waals surface area contributed by atoms with Gasteiger partial charge >= 0.3 is 0 Å².